The molecule has 1 N–H and O–H groups in total. The molecule has 2 unspecified atom stereocenters. The zero-order valence-electron chi connectivity index (χ0n) is 13.0. The number of ether oxygens (including phenoxy) is 1. The molecule has 0 saturated heterocycles. The Hall–Kier alpha value is -0.590. The summed E-state index contributed by atoms with van der Waals surface area (Å²) >= 11 is 3.53. The second-order valence-electron chi connectivity index (χ2n) is 5.08. The molecule has 2 atom stereocenters. The van der Waals surface area contributed by atoms with Crippen LogP contribution in [0.15, 0.2) is 22.7 Å². The first-order chi connectivity index (χ1) is 9.81. The number of halogens is 1. The number of rotatable bonds is 8. The lowest BCUT2D eigenvalue weighted by Gasteiger charge is -2.25. The van der Waals surface area contributed by atoms with Gasteiger partial charge in [0.25, 0.3) is 0 Å². The SMILES string of the molecule is CCCNC(c1ccc(OCC)cc1Br)C(C)S(C)(=O)=O. The molecular formula is C15H24BrNO3S. The molecule has 0 radical (unpaired) electrons. The van der Waals surface area contributed by atoms with E-state index in [4.69, 9.17) is 4.74 Å². The standard InChI is InChI=1S/C15H24BrNO3S/c1-5-9-17-15(11(3)21(4,18)19)13-8-7-12(20-6-2)10-14(13)16/h7-8,10-11,15,17H,5-6,9H2,1-4H3. The van der Waals surface area contributed by atoms with Crippen molar-refractivity contribution in [3.8, 4) is 5.75 Å². The first kappa shape index (κ1) is 18.5. The fraction of sp³-hybridized carbons (Fsp3) is 0.600. The molecule has 0 spiro atoms. The highest BCUT2D eigenvalue weighted by Crippen LogP contribution is 2.31. The Labute approximate surface area is 136 Å². The highest BCUT2D eigenvalue weighted by molar-refractivity contribution is 9.10. The third-order valence-electron chi connectivity index (χ3n) is 3.38. The van der Waals surface area contributed by atoms with Crippen LogP contribution in [0.4, 0.5) is 0 Å². The normalized spacial score (nSPS) is 14.7. The molecule has 0 fully saturated rings. The Bertz CT molecular complexity index is 560. The molecule has 0 aromatic heterocycles. The largest absolute Gasteiger partial charge is 0.494 e. The van der Waals surface area contributed by atoms with Crippen molar-refractivity contribution in [3.63, 3.8) is 0 Å². The summed E-state index contributed by atoms with van der Waals surface area (Å²) in [5.74, 6) is 0.773. The van der Waals surface area contributed by atoms with Gasteiger partial charge in [0.2, 0.25) is 0 Å². The van der Waals surface area contributed by atoms with Crippen LogP contribution in [0, 0.1) is 0 Å². The summed E-state index contributed by atoms with van der Waals surface area (Å²) in [6.45, 7) is 7.10. The summed E-state index contributed by atoms with van der Waals surface area (Å²) in [4.78, 5) is 0. The summed E-state index contributed by atoms with van der Waals surface area (Å²) in [6, 6.07) is 5.43. The van der Waals surface area contributed by atoms with Crippen molar-refractivity contribution in [2.45, 2.75) is 38.5 Å². The molecule has 1 aromatic rings. The van der Waals surface area contributed by atoms with Crippen LogP contribution in [-0.4, -0.2) is 33.1 Å². The zero-order chi connectivity index (χ0) is 16.0. The van der Waals surface area contributed by atoms with E-state index in [1.54, 1.807) is 6.92 Å². The van der Waals surface area contributed by atoms with Crippen LogP contribution in [0.1, 0.15) is 38.8 Å². The Morgan fingerprint density at radius 1 is 1.33 bits per heavy atom. The summed E-state index contributed by atoms with van der Waals surface area (Å²) in [5, 5.41) is 2.83. The summed E-state index contributed by atoms with van der Waals surface area (Å²) in [7, 11) is -3.13. The van der Waals surface area contributed by atoms with Gasteiger partial charge in [-0.1, -0.05) is 28.9 Å². The number of sulfone groups is 1. The van der Waals surface area contributed by atoms with Crippen LogP contribution in [0.5, 0.6) is 5.75 Å². The van der Waals surface area contributed by atoms with Crippen LogP contribution >= 0.6 is 15.9 Å². The van der Waals surface area contributed by atoms with Crippen molar-refractivity contribution in [3.05, 3.63) is 28.2 Å². The van der Waals surface area contributed by atoms with E-state index in [9.17, 15) is 8.42 Å². The molecule has 4 nitrogen and oxygen atoms in total. The quantitative estimate of drug-likeness (QED) is 0.754. The molecule has 120 valence electrons. The maximum atomic E-state index is 11.9. The van der Waals surface area contributed by atoms with Gasteiger partial charge in [0.15, 0.2) is 9.84 Å². The van der Waals surface area contributed by atoms with Crippen molar-refractivity contribution in [2.75, 3.05) is 19.4 Å². The highest BCUT2D eigenvalue weighted by atomic mass is 79.9. The Morgan fingerprint density at radius 3 is 2.48 bits per heavy atom. The van der Waals surface area contributed by atoms with E-state index in [0.29, 0.717) is 6.61 Å². The van der Waals surface area contributed by atoms with Crippen LogP contribution in [0.2, 0.25) is 0 Å². The van der Waals surface area contributed by atoms with Gasteiger partial charge < -0.3 is 10.1 Å². The van der Waals surface area contributed by atoms with Crippen molar-refractivity contribution < 1.29 is 13.2 Å². The predicted octanol–water partition coefficient (Wildman–Crippen LogP) is 3.32. The van der Waals surface area contributed by atoms with E-state index >= 15 is 0 Å². The summed E-state index contributed by atoms with van der Waals surface area (Å²) < 4.78 is 30.1. The zero-order valence-corrected chi connectivity index (χ0v) is 15.4. The molecule has 0 amide bonds. The second-order valence-corrected chi connectivity index (χ2v) is 8.34. The van der Waals surface area contributed by atoms with E-state index in [0.717, 1.165) is 28.8 Å². The summed E-state index contributed by atoms with van der Waals surface area (Å²) in [6.07, 6.45) is 2.22. The molecule has 1 rings (SSSR count). The Balaban J connectivity index is 3.14. The smallest absolute Gasteiger partial charge is 0.151 e. The van der Waals surface area contributed by atoms with Crippen molar-refractivity contribution in [1.29, 1.82) is 0 Å². The molecule has 0 heterocycles. The van der Waals surface area contributed by atoms with E-state index < -0.39 is 15.1 Å². The fourth-order valence-corrected chi connectivity index (χ4v) is 3.43. The van der Waals surface area contributed by atoms with E-state index in [1.165, 1.54) is 6.26 Å². The first-order valence-electron chi connectivity index (χ1n) is 7.15. The minimum atomic E-state index is -3.13. The van der Waals surface area contributed by atoms with Crippen LogP contribution < -0.4 is 10.1 Å². The predicted molar refractivity (Wildman–Crippen MR) is 90.7 cm³/mol. The van der Waals surface area contributed by atoms with Crippen molar-refractivity contribution in [1.82, 2.24) is 5.32 Å². The molecule has 6 heteroatoms. The lowest BCUT2D eigenvalue weighted by atomic mass is 10.0. The monoisotopic (exact) mass is 377 g/mol. The van der Waals surface area contributed by atoms with Gasteiger partial charge in [-0.05, 0) is 44.5 Å². The van der Waals surface area contributed by atoms with E-state index in [1.807, 2.05) is 25.1 Å². The highest BCUT2D eigenvalue weighted by Gasteiger charge is 2.28. The van der Waals surface area contributed by atoms with Gasteiger partial charge in [0.1, 0.15) is 5.75 Å². The first-order valence-corrected chi connectivity index (χ1v) is 9.90. The maximum absolute atomic E-state index is 11.9. The minimum absolute atomic E-state index is 0.245. The maximum Gasteiger partial charge on any atom is 0.151 e. The minimum Gasteiger partial charge on any atom is -0.494 e. The second kappa shape index (κ2) is 8.15. The van der Waals surface area contributed by atoms with E-state index in [-0.39, 0.29) is 6.04 Å². The van der Waals surface area contributed by atoms with Gasteiger partial charge in [-0.3, -0.25) is 0 Å². The lowest BCUT2D eigenvalue weighted by Crippen LogP contribution is -2.35. The number of hydrogen-bond acceptors (Lipinski definition) is 4. The molecule has 1 aromatic carbocycles. The topological polar surface area (TPSA) is 55.4 Å². The van der Waals surface area contributed by atoms with Gasteiger partial charge >= 0.3 is 0 Å². The third-order valence-corrected chi connectivity index (χ3v) is 5.69. The number of hydrogen-bond donors (Lipinski definition) is 1. The Morgan fingerprint density at radius 2 is 2.00 bits per heavy atom. The number of nitrogens with one attached hydrogen (secondary N) is 1. The third kappa shape index (κ3) is 5.27. The molecule has 0 aliphatic heterocycles. The van der Waals surface area contributed by atoms with Crippen LogP contribution in [-0.2, 0) is 9.84 Å². The van der Waals surface area contributed by atoms with Gasteiger partial charge in [0, 0.05) is 16.8 Å². The lowest BCUT2D eigenvalue weighted by molar-refractivity contribution is 0.339. The average molecular weight is 378 g/mol. The molecular weight excluding hydrogens is 354 g/mol. The van der Waals surface area contributed by atoms with Crippen molar-refractivity contribution in [2.24, 2.45) is 0 Å². The molecule has 0 saturated carbocycles. The van der Waals surface area contributed by atoms with Crippen LogP contribution in [0.3, 0.4) is 0 Å². The molecule has 0 bridgehead atoms. The molecule has 0 aliphatic rings. The number of benzene rings is 1. The average Bonchev–Trinajstić information content (AvgIpc) is 2.40. The van der Waals surface area contributed by atoms with Gasteiger partial charge in [0.05, 0.1) is 11.9 Å². The van der Waals surface area contributed by atoms with Gasteiger partial charge in [-0.15, -0.1) is 0 Å². The van der Waals surface area contributed by atoms with E-state index in [2.05, 4.69) is 28.2 Å². The molecule has 0 aliphatic carbocycles. The summed E-state index contributed by atoms with van der Waals surface area (Å²) in [5.41, 5.74) is 0.935. The van der Waals surface area contributed by atoms with Gasteiger partial charge in [-0.2, -0.15) is 0 Å². The molecule has 21 heavy (non-hydrogen) atoms. The van der Waals surface area contributed by atoms with Crippen molar-refractivity contribution >= 4 is 25.8 Å². The Kier molecular flexibility index (Phi) is 7.16. The van der Waals surface area contributed by atoms with Crippen LogP contribution in [0.25, 0.3) is 0 Å². The fourth-order valence-electron chi connectivity index (χ4n) is 2.09. The van der Waals surface area contributed by atoms with Gasteiger partial charge in [-0.25, -0.2) is 8.42 Å².